The van der Waals surface area contributed by atoms with Crippen LogP contribution in [0.3, 0.4) is 0 Å². The number of rotatable bonds is 5. The molecule has 4 heteroatoms. The summed E-state index contributed by atoms with van der Waals surface area (Å²) in [5, 5.41) is 2.68. The van der Waals surface area contributed by atoms with E-state index in [4.69, 9.17) is 15.0 Å². The maximum absolute atomic E-state index is 5.35. The molecule has 4 aliphatic carbocycles. The van der Waals surface area contributed by atoms with Crippen molar-refractivity contribution in [3.05, 3.63) is 145 Å². The summed E-state index contributed by atoms with van der Waals surface area (Å²) in [6.07, 6.45) is 7.30. The third-order valence-electron chi connectivity index (χ3n) is 11.5. The van der Waals surface area contributed by atoms with Crippen molar-refractivity contribution in [3.63, 3.8) is 0 Å². The number of fused-ring (bicyclic) bond motifs is 3. The van der Waals surface area contributed by atoms with Crippen LogP contribution in [0.4, 0.5) is 0 Å². The molecule has 11 rings (SSSR count). The molecular weight excluding hydrogens is 573 g/mol. The monoisotopic (exact) mass is 608 g/mol. The molecule has 2 heterocycles. The van der Waals surface area contributed by atoms with E-state index in [0.29, 0.717) is 11.8 Å². The summed E-state index contributed by atoms with van der Waals surface area (Å²) >= 11 is 0. The number of hydrogen-bond donors (Lipinski definition) is 0. The van der Waals surface area contributed by atoms with Gasteiger partial charge in [-0.2, -0.15) is 0 Å². The fourth-order valence-corrected chi connectivity index (χ4v) is 10.1. The molecule has 0 aliphatic heterocycles. The second-order valence-electron chi connectivity index (χ2n) is 14.5. The highest BCUT2D eigenvalue weighted by Crippen LogP contribution is 2.66. The standard InChI is InChI=1S/C43H36N4/c1-4-12-31(13-5-1)39-44-40(32-14-6-2-7-15-32)46-41(45-39)43-26-29-22-30(27-43)25-42(24-29,28-43)33-20-21-38-36(23-33)35-18-10-11-19-37(35)47(38)34-16-8-3-9-17-34/h1-21,23,29-30H,22,24-28H2. The predicted octanol–water partition coefficient (Wildman–Crippen LogP) is 10.1. The third-order valence-corrected chi connectivity index (χ3v) is 11.5. The van der Waals surface area contributed by atoms with Gasteiger partial charge >= 0.3 is 0 Å². The molecule has 4 nitrogen and oxygen atoms in total. The molecule has 0 radical (unpaired) electrons. The minimum absolute atomic E-state index is 0.0485. The lowest BCUT2D eigenvalue weighted by Gasteiger charge is -2.61. The molecular formula is C43H36N4. The predicted molar refractivity (Wildman–Crippen MR) is 190 cm³/mol. The van der Waals surface area contributed by atoms with Gasteiger partial charge in [-0.15, -0.1) is 0 Å². The van der Waals surface area contributed by atoms with Crippen LogP contribution in [-0.2, 0) is 10.8 Å². The van der Waals surface area contributed by atoms with Crippen molar-refractivity contribution in [2.45, 2.75) is 49.4 Å². The summed E-state index contributed by atoms with van der Waals surface area (Å²) < 4.78 is 2.43. The molecule has 0 saturated heterocycles. The summed E-state index contributed by atoms with van der Waals surface area (Å²) in [6, 6.07) is 48.0. The second-order valence-corrected chi connectivity index (χ2v) is 14.5. The van der Waals surface area contributed by atoms with Crippen LogP contribution in [0.15, 0.2) is 133 Å². The molecule has 0 spiro atoms. The largest absolute Gasteiger partial charge is 0.309 e. The highest BCUT2D eigenvalue weighted by molar-refractivity contribution is 6.09. The van der Waals surface area contributed by atoms with Gasteiger partial charge in [0.2, 0.25) is 0 Å². The van der Waals surface area contributed by atoms with Gasteiger partial charge in [0.15, 0.2) is 11.6 Å². The summed E-state index contributed by atoms with van der Waals surface area (Å²) in [4.78, 5) is 15.7. The Bertz CT molecular complexity index is 2200. The van der Waals surface area contributed by atoms with Crippen molar-refractivity contribution >= 4 is 21.8 Å². The summed E-state index contributed by atoms with van der Waals surface area (Å²) in [5.74, 6) is 3.96. The van der Waals surface area contributed by atoms with E-state index in [1.54, 1.807) is 0 Å². The molecule has 4 fully saturated rings. The first-order chi connectivity index (χ1) is 23.2. The van der Waals surface area contributed by atoms with E-state index in [1.165, 1.54) is 65.2 Å². The average molecular weight is 609 g/mol. The molecule has 2 atom stereocenters. The van der Waals surface area contributed by atoms with Gasteiger partial charge in [-0.1, -0.05) is 103 Å². The number of benzene rings is 5. The highest BCUT2D eigenvalue weighted by atomic mass is 15.1. The van der Waals surface area contributed by atoms with Gasteiger partial charge < -0.3 is 4.57 Å². The van der Waals surface area contributed by atoms with Gasteiger partial charge in [0.25, 0.3) is 0 Å². The zero-order valence-electron chi connectivity index (χ0n) is 26.4. The van der Waals surface area contributed by atoms with Gasteiger partial charge in [0, 0.05) is 33.0 Å². The van der Waals surface area contributed by atoms with Gasteiger partial charge in [-0.05, 0) is 91.7 Å². The van der Waals surface area contributed by atoms with Crippen molar-refractivity contribution in [2.24, 2.45) is 11.8 Å². The van der Waals surface area contributed by atoms with Crippen molar-refractivity contribution in [1.29, 1.82) is 0 Å². The van der Waals surface area contributed by atoms with Crippen LogP contribution in [-0.4, -0.2) is 19.5 Å². The van der Waals surface area contributed by atoms with Crippen LogP contribution < -0.4 is 0 Å². The Hall–Kier alpha value is -5.09. The minimum Gasteiger partial charge on any atom is -0.309 e. The van der Waals surface area contributed by atoms with Crippen molar-refractivity contribution in [3.8, 4) is 28.5 Å². The lowest BCUT2D eigenvalue weighted by molar-refractivity contribution is -0.0318. The van der Waals surface area contributed by atoms with Gasteiger partial charge in [-0.25, -0.2) is 15.0 Å². The molecule has 0 amide bonds. The Balaban J connectivity index is 1.13. The molecule has 2 unspecified atom stereocenters. The van der Waals surface area contributed by atoms with Gasteiger partial charge in [0.05, 0.1) is 11.0 Å². The Labute approximate surface area is 275 Å². The molecule has 5 aromatic carbocycles. The fraction of sp³-hybridized carbons (Fsp3) is 0.233. The van der Waals surface area contributed by atoms with Crippen LogP contribution in [0.2, 0.25) is 0 Å². The zero-order valence-corrected chi connectivity index (χ0v) is 26.4. The first-order valence-electron chi connectivity index (χ1n) is 17.1. The smallest absolute Gasteiger partial charge is 0.163 e. The number of hydrogen-bond acceptors (Lipinski definition) is 3. The normalized spacial score (nSPS) is 24.7. The zero-order chi connectivity index (χ0) is 31.0. The van der Waals surface area contributed by atoms with Crippen LogP contribution in [0, 0.1) is 11.8 Å². The maximum atomic E-state index is 5.35. The molecule has 4 aliphatic rings. The van der Waals surface area contributed by atoms with E-state index in [1.807, 2.05) is 0 Å². The Morgan fingerprint density at radius 2 is 1.06 bits per heavy atom. The van der Waals surface area contributed by atoms with Gasteiger partial charge in [-0.3, -0.25) is 0 Å². The van der Waals surface area contributed by atoms with E-state index in [9.17, 15) is 0 Å². The number of aromatic nitrogens is 4. The van der Waals surface area contributed by atoms with E-state index >= 15 is 0 Å². The van der Waals surface area contributed by atoms with E-state index in [0.717, 1.165) is 35.0 Å². The Morgan fingerprint density at radius 3 is 1.72 bits per heavy atom. The van der Waals surface area contributed by atoms with Crippen LogP contribution >= 0.6 is 0 Å². The molecule has 228 valence electrons. The summed E-state index contributed by atoms with van der Waals surface area (Å²) in [7, 11) is 0. The quantitative estimate of drug-likeness (QED) is 0.195. The number of nitrogens with zero attached hydrogens (tertiary/aromatic N) is 4. The molecule has 7 aromatic rings. The SMILES string of the molecule is c1ccc(-c2nc(-c3ccccc3)nc(C34CC5CC(CC(c6ccc7c(c6)c6ccccc6n7-c6ccccc6)(C5)C3)C4)n2)cc1. The van der Waals surface area contributed by atoms with Crippen LogP contribution in [0.1, 0.15) is 49.9 Å². The molecule has 0 N–H and O–H groups in total. The third kappa shape index (κ3) is 4.24. The van der Waals surface area contributed by atoms with Crippen molar-refractivity contribution < 1.29 is 0 Å². The van der Waals surface area contributed by atoms with Crippen LogP contribution in [0.25, 0.3) is 50.3 Å². The van der Waals surface area contributed by atoms with E-state index in [2.05, 4.69) is 138 Å². The van der Waals surface area contributed by atoms with Crippen molar-refractivity contribution in [1.82, 2.24) is 19.5 Å². The highest BCUT2D eigenvalue weighted by Gasteiger charge is 2.60. The second kappa shape index (κ2) is 10.2. The maximum Gasteiger partial charge on any atom is 0.163 e. The first-order valence-corrected chi connectivity index (χ1v) is 17.1. The minimum atomic E-state index is -0.0485. The van der Waals surface area contributed by atoms with Crippen molar-refractivity contribution in [2.75, 3.05) is 0 Å². The van der Waals surface area contributed by atoms with Gasteiger partial charge in [0.1, 0.15) is 5.82 Å². The lowest BCUT2D eigenvalue weighted by Crippen LogP contribution is -2.56. The van der Waals surface area contributed by atoms with E-state index in [-0.39, 0.29) is 10.8 Å². The Morgan fingerprint density at radius 1 is 0.511 bits per heavy atom. The lowest BCUT2D eigenvalue weighted by atomic mass is 9.42. The molecule has 47 heavy (non-hydrogen) atoms. The van der Waals surface area contributed by atoms with Crippen LogP contribution in [0.5, 0.6) is 0 Å². The Kier molecular flexibility index (Phi) is 5.88. The molecule has 4 saturated carbocycles. The topological polar surface area (TPSA) is 43.6 Å². The molecule has 4 bridgehead atoms. The number of para-hydroxylation sites is 2. The molecule has 2 aromatic heterocycles. The average Bonchev–Trinajstić information content (AvgIpc) is 3.46. The first kappa shape index (κ1) is 27.1. The van der Waals surface area contributed by atoms with E-state index < -0.39 is 0 Å². The summed E-state index contributed by atoms with van der Waals surface area (Å²) in [6.45, 7) is 0. The fourth-order valence-electron chi connectivity index (χ4n) is 10.1. The summed E-state index contributed by atoms with van der Waals surface area (Å²) in [5.41, 5.74) is 7.42.